The molecule has 0 aliphatic rings. The highest BCUT2D eigenvalue weighted by molar-refractivity contribution is 9.11. The maximum Gasteiger partial charge on any atom is 0.144 e. The summed E-state index contributed by atoms with van der Waals surface area (Å²) in [6.45, 7) is 1.86. The van der Waals surface area contributed by atoms with E-state index in [0.29, 0.717) is 8.95 Å². The number of rotatable bonds is 1. The van der Waals surface area contributed by atoms with Gasteiger partial charge in [0.1, 0.15) is 5.75 Å². The molecule has 1 rings (SSSR count). The number of nitrogens with two attached hydrogens (primary N) is 1. The third kappa shape index (κ3) is 2.26. The molecule has 3 N–H and O–H groups in total. The predicted molar refractivity (Wildman–Crippen MR) is 63.8 cm³/mol. The summed E-state index contributed by atoms with van der Waals surface area (Å²) >= 11 is 9.90. The van der Waals surface area contributed by atoms with E-state index in [2.05, 4.69) is 47.8 Å². The average Bonchev–Trinajstić information content (AvgIpc) is 1.99. The average molecular weight is 374 g/mol. The zero-order valence-electron chi connectivity index (χ0n) is 6.81. The van der Waals surface area contributed by atoms with Gasteiger partial charge < -0.3 is 10.8 Å². The second-order valence-corrected chi connectivity index (χ2v) is 5.21. The largest absolute Gasteiger partial charge is 0.506 e. The van der Waals surface area contributed by atoms with Gasteiger partial charge in [0.15, 0.2) is 0 Å². The highest BCUT2D eigenvalue weighted by Crippen LogP contribution is 2.41. The fraction of sp³-hybridized carbons (Fsp3) is 0.250. The minimum absolute atomic E-state index is 0.136. The molecule has 0 amide bonds. The predicted octanol–water partition coefficient (Wildman–Crippen LogP) is 3.70. The van der Waals surface area contributed by atoms with Crippen LogP contribution in [0.4, 0.5) is 0 Å². The lowest BCUT2D eigenvalue weighted by Gasteiger charge is -2.13. The Morgan fingerprint density at radius 2 is 1.85 bits per heavy atom. The van der Waals surface area contributed by atoms with Crippen molar-refractivity contribution in [3.63, 3.8) is 0 Å². The summed E-state index contributed by atoms with van der Waals surface area (Å²) in [5.74, 6) is 0.176. The summed E-state index contributed by atoms with van der Waals surface area (Å²) < 4.78 is 2.14. The van der Waals surface area contributed by atoms with E-state index >= 15 is 0 Å². The van der Waals surface area contributed by atoms with E-state index in [4.69, 9.17) is 5.73 Å². The van der Waals surface area contributed by atoms with Gasteiger partial charge in [-0.25, -0.2) is 0 Å². The Morgan fingerprint density at radius 3 is 2.31 bits per heavy atom. The van der Waals surface area contributed by atoms with Crippen LogP contribution in [-0.2, 0) is 0 Å². The molecule has 0 heterocycles. The molecule has 1 aromatic rings. The van der Waals surface area contributed by atoms with Crippen molar-refractivity contribution in [1.29, 1.82) is 0 Å². The molecule has 13 heavy (non-hydrogen) atoms. The van der Waals surface area contributed by atoms with Gasteiger partial charge in [-0.1, -0.05) is 15.9 Å². The smallest absolute Gasteiger partial charge is 0.144 e. The molecule has 5 heteroatoms. The number of hydrogen-bond acceptors (Lipinski definition) is 2. The quantitative estimate of drug-likeness (QED) is 0.788. The van der Waals surface area contributed by atoms with Crippen LogP contribution < -0.4 is 5.73 Å². The molecule has 0 spiro atoms. The van der Waals surface area contributed by atoms with Gasteiger partial charge in [0.05, 0.1) is 8.95 Å². The first-order valence-corrected chi connectivity index (χ1v) is 5.95. The summed E-state index contributed by atoms with van der Waals surface area (Å²) in [6, 6.07) is 1.64. The van der Waals surface area contributed by atoms with E-state index in [1.165, 1.54) is 0 Å². The molecule has 1 aromatic carbocycles. The Labute approximate surface area is 102 Å². The Hall–Kier alpha value is 0.420. The topological polar surface area (TPSA) is 46.2 Å². The molecular formula is C8H8Br3NO. The van der Waals surface area contributed by atoms with Crippen molar-refractivity contribution in [3.05, 3.63) is 25.0 Å². The monoisotopic (exact) mass is 371 g/mol. The first-order chi connectivity index (χ1) is 5.95. The zero-order valence-corrected chi connectivity index (χ0v) is 11.6. The maximum atomic E-state index is 9.59. The first kappa shape index (κ1) is 11.5. The Balaban J connectivity index is 3.44. The van der Waals surface area contributed by atoms with Gasteiger partial charge in [0, 0.05) is 16.1 Å². The van der Waals surface area contributed by atoms with Crippen molar-refractivity contribution in [1.82, 2.24) is 0 Å². The molecule has 0 aromatic heterocycles. The number of benzene rings is 1. The van der Waals surface area contributed by atoms with Crippen molar-refractivity contribution in [2.24, 2.45) is 5.73 Å². The first-order valence-electron chi connectivity index (χ1n) is 3.57. The minimum atomic E-state index is -0.136. The lowest BCUT2D eigenvalue weighted by Crippen LogP contribution is -2.06. The number of phenolic OH excluding ortho intramolecular Hbond substituents is 1. The van der Waals surface area contributed by atoms with Gasteiger partial charge >= 0.3 is 0 Å². The normalized spacial score (nSPS) is 13.0. The van der Waals surface area contributed by atoms with E-state index in [9.17, 15) is 5.11 Å². The molecule has 72 valence electrons. The van der Waals surface area contributed by atoms with Gasteiger partial charge in [-0.05, 0) is 44.8 Å². The van der Waals surface area contributed by atoms with Crippen LogP contribution >= 0.6 is 47.8 Å². The van der Waals surface area contributed by atoms with Crippen molar-refractivity contribution in [3.8, 4) is 5.75 Å². The molecule has 2 nitrogen and oxygen atoms in total. The minimum Gasteiger partial charge on any atom is -0.506 e. The summed E-state index contributed by atoms with van der Waals surface area (Å²) in [5.41, 5.74) is 6.61. The highest BCUT2D eigenvalue weighted by atomic mass is 79.9. The van der Waals surface area contributed by atoms with Crippen molar-refractivity contribution in [2.45, 2.75) is 13.0 Å². The van der Waals surface area contributed by atoms with Crippen LogP contribution in [0, 0.1) is 0 Å². The van der Waals surface area contributed by atoms with Gasteiger partial charge in [-0.2, -0.15) is 0 Å². The van der Waals surface area contributed by atoms with Crippen molar-refractivity contribution in [2.75, 3.05) is 0 Å². The zero-order chi connectivity index (χ0) is 10.2. The van der Waals surface area contributed by atoms with Crippen LogP contribution in [0.2, 0.25) is 0 Å². The van der Waals surface area contributed by atoms with Crippen LogP contribution in [0.25, 0.3) is 0 Å². The highest BCUT2D eigenvalue weighted by Gasteiger charge is 2.15. The Bertz CT molecular complexity index is 339. The van der Waals surface area contributed by atoms with Crippen LogP contribution in [0.5, 0.6) is 5.75 Å². The second-order valence-electron chi connectivity index (χ2n) is 2.71. The number of phenols is 1. The van der Waals surface area contributed by atoms with Crippen LogP contribution in [0.1, 0.15) is 18.5 Å². The molecular weight excluding hydrogens is 366 g/mol. The molecule has 0 unspecified atom stereocenters. The Morgan fingerprint density at radius 1 is 1.31 bits per heavy atom. The third-order valence-electron chi connectivity index (χ3n) is 1.64. The summed E-state index contributed by atoms with van der Waals surface area (Å²) in [6.07, 6.45) is 0. The van der Waals surface area contributed by atoms with Gasteiger partial charge in [0.2, 0.25) is 0 Å². The second kappa shape index (κ2) is 4.29. The lowest BCUT2D eigenvalue weighted by atomic mass is 10.1. The molecule has 1 atom stereocenters. The van der Waals surface area contributed by atoms with Crippen molar-refractivity contribution >= 4 is 47.8 Å². The fourth-order valence-electron chi connectivity index (χ4n) is 1.01. The summed E-state index contributed by atoms with van der Waals surface area (Å²) in [5, 5.41) is 9.59. The van der Waals surface area contributed by atoms with E-state index in [-0.39, 0.29) is 11.8 Å². The van der Waals surface area contributed by atoms with Gasteiger partial charge in [0.25, 0.3) is 0 Å². The molecule has 0 saturated heterocycles. The molecule has 0 radical (unpaired) electrons. The fourth-order valence-corrected chi connectivity index (χ4v) is 3.85. The molecule has 0 saturated carbocycles. The molecule has 0 aliphatic heterocycles. The summed E-state index contributed by atoms with van der Waals surface area (Å²) in [7, 11) is 0. The standard InChI is InChI=1S/C8H8Br3NO/c1-3(12)6-4(9)2-5(10)8(13)7(6)11/h2-3,13H,12H2,1H3/t3-/m1/s1. The lowest BCUT2D eigenvalue weighted by molar-refractivity contribution is 0.466. The van der Waals surface area contributed by atoms with Crippen LogP contribution in [-0.4, -0.2) is 5.11 Å². The van der Waals surface area contributed by atoms with E-state index < -0.39 is 0 Å². The van der Waals surface area contributed by atoms with Gasteiger partial charge in [-0.15, -0.1) is 0 Å². The summed E-state index contributed by atoms with van der Waals surface area (Å²) in [4.78, 5) is 0. The van der Waals surface area contributed by atoms with Crippen LogP contribution in [0.15, 0.2) is 19.5 Å². The SMILES string of the molecule is C[C@@H](N)c1c(Br)cc(Br)c(O)c1Br. The maximum absolute atomic E-state index is 9.59. The van der Waals surface area contributed by atoms with Gasteiger partial charge in [-0.3, -0.25) is 0 Å². The Kier molecular flexibility index (Phi) is 3.80. The number of aromatic hydroxyl groups is 1. The molecule has 0 bridgehead atoms. The molecule has 0 aliphatic carbocycles. The van der Waals surface area contributed by atoms with E-state index in [0.717, 1.165) is 10.0 Å². The number of halogens is 3. The molecule has 0 fully saturated rings. The number of hydrogen-bond donors (Lipinski definition) is 2. The van der Waals surface area contributed by atoms with Crippen molar-refractivity contribution < 1.29 is 5.11 Å². The van der Waals surface area contributed by atoms with Crippen LogP contribution in [0.3, 0.4) is 0 Å². The third-order valence-corrected chi connectivity index (χ3v) is 3.70. The van der Waals surface area contributed by atoms with E-state index in [1.54, 1.807) is 6.07 Å². The van der Waals surface area contributed by atoms with E-state index in [1.807, 2.05) is 6.92 Å².